The molecule has 2 aromatic rings. The molecule has 1 fully saturated rings. The number of likely N-dealkylation sites (tertiary alicyclic amines) is 1. The van der Waals surface area contributed by atoms with Crippen molar-refractivity contribution in [2.24, 2.45) is 0 Å². The number of allylic oxidation sites excluding steroid dienone is 1. The van der Waals surface area contributed by atoms with Crippen molar-refractivity contribution in [3.05, 3.63) is 30.7 Å². The van der Waals surface area contributed by atoms with Crippen molar-refractivity contribution in [3.8, 4) is 11.4 Å². The summed E-state index contributed by atoms with van der Waals surface area (Å²) in [4.78, 5) is 25.1. The second-order valence-electron chi connectivity index (χ2n) is 5.43. The third-order valence-electron chi connectivity index (χ3n) is 3.83. The molecule has 0 N–H and O–H groups in total. The van der Waals surface area contributed by atoms with Crippen LogP contribution in [0.5, 0.6) is 0 Å². The molecule has 2 aromatic heterocycles. The van der Waals surface area contributed by atoms with Crippen molar-refractivity contribution in [1.82, 2.24) is 19.7 Å². The van der Waals surface area contributed by atoms with Crippen LogP contribution < -0.4 is 0 Å². The van der Waals surface area contributed by atoms with Crippen molar-refractivity contribution in [1.29, 1.82) is 0 Å². The van der Waals surface area contributed by atoms with Gasteiger partial charge in [-0.3, -0.25) is 19.1 Å². The van der Waals surface area contributed by atoms with E-state index in [9.17, 15) is 9.59 Å². The molecule has 3 heterocycles. The first kappa shape index (κ1) is 16.5. The van der Waals surface area contributed by atoms with Crippen LogP contribution in [0.4, 0.5) is 0 Å². The van der Waals surface area contributed by atoms with Crippen molar-refractivity contribution >= 4 is 23.6 Å². The van der Waals surface area contributed by atoms with E-state index in [0.29, 0.717) is 30.5 Å². The molecular formula is C16H18N4O3S. The molecule has 0 aliphatic carbocycles. The number of imide groups is 1. The standard InChI is InChI=1S/C16H18N4O3S/c1-3-7-20-15(12-6-9-23-11(12)2)17-18-16(20)24-10-14(22)19-8-4-5-13(19)21/h3,6,9H,1,4-5,7-8,10H2,2H3. The Hall–Kier alpha value is -2.35. The van der Waals surface area contributed by atoms with E-state index in [2.05, 4.69) is 16.8 Å². The molecular weight excluding hydrogens is 328 g/mol. The maximum Gasteiger partial charge on any atom is 0.239 e. The summed E-state index contributed by atoms with van der Waals surface area (Å²) in [5, 5.41) is 9.02. The number of nitrogens with zero attached hydrogens (tertiary/aromatic N) is 4. The summed E-state index contributed by atoms with van der Waals surface area (Å²) in [6.07, 6.45) is 4.55. The number of aromatic nitrogens is 3. The highest BCUT2D eigenvalue weighted by Crippen LogP contribution is 2.27. The van der Waals surface area contributed by atoms with Gasteiger partial charge in [0.15, 0.2) is 11.0 Å². The Morgan fingerprint density at radius 3 is 2.96 bits per heavy atom. The fourth-order valence-corrected chi connectivity index (χ4v) is 3.45. The normalized spacial score (nSPS) is 14.4. The van der Waals surface area contributed by atoms with E-state index in [0.717, 1.165) is 17.7 Å². The van der Waals surface area contributed by atoms with E-state index in [1.165, 1.54) is 16.7 Å². The van der Waals surface area contributed by atoms with Gasteiger partial charge >= 0.3 is 0 Å². The maximum atomic E-state index is 12.2. The highest BCUT2D eigenvalue weighted by Gasteiger charge is 2.27. The van der Waals surface area contributed by atoms with Gasteiger partial charge in [-0.1, -0.05) is 17.8 Å². The van der Waals surface area contributed by atoms with E-state index in [4.69, 9.17) is 4.42 Å². The van der Waals surface area contributed by atoms with Gasteiger partial charge in [0, 0.05) is 19.5 Å². The van der Waals surface area contributed by atoms with Gasteiger partial charge in [-0.25, -0.2) is 0 Å². The highest BCUT2D eigenvalue weighted by atomic mass is 32.2. The zero-order chi connectivity index (χ0) is 17.1. The minimum absolute atomic E-state index is 0.0946. The highest BCUT2D eigenvalue weighted by molar-refractivity contribution is 7.99. The lowest BCUT2D eigenvalue weighted by atomic mass is 10.2. The molecule has 7 nitrogen and oxygen atoms in total. The van der Waals surface area contributed by atoms with Crippen molar-refractivity contribution < 1.29 is 14.0 Å². The molecule has 1 aliphatic rings. The fraction of sp³-hybridized carbons (Fsp3) is 0.375. The number of rotatable bonds is 6. The lowest BCUT2D eigenvalue weighted by Gasteiger charge is -2.13. The molecule has 1 saturated heterocycles. The Bertz CT molecular complexity index is 780. The van der Waals surface area contributed by atoms with Crippen LogP contribution in [0.1, 0.15) is 18.6 Å². The third kappa shape index (κ3) is 3.14. The average Bonchev–Trinajstić information content (AvgIpc) is 3.26. The molecule has 2 amide bonds. The minimum atomic E-state index is -0.184. The van der Waals surface area contributed by atoms with E-state index >= 15 is 0 Å². The number of amides is 2. The summed E-state index contributed by atoms with van der Waals surface area (Å²) in [5.74, 6) is 1.31. The predicted molar refractivity (Wildman–Crippen MR) is 89.3 cm³/mol. The molecule has 24 heavy (non-hydrogen) atoms. The van der Waals surface area contributed by atoms with E-state index in [1.807, 2.05) is 17.6 Å². The number of hydrogen-bond acceptors (Lipinski definition) is 6. The first-order valence-corrected chi connectivity index (χ1v) is 8.65. The second kappa shape index (κ2) is 7.04. The smallest absolute Gasteiger partial charge is 0.239 e. The Morgan fingerprint density at radius 1 is 1.50 bits per heavy atom. The topological polar surface area (TPSA) is 81.2 Å². The van der Waals surface area contributed by atoms with E-state index < -0.39 is 0 Å². The van der Waals surface area contributed by atoms with Crippen LogP contribution >= 0.6 is 11.8 Å². The van der Waals surface area contributed by atoms with Gasteiger partial charge in [-0.15, -0.1) is 16.8 Å². The van der Waals surface area contributed by atoms with Gasteiger partial charge in [0.1, 0.15) is 5.76 Å². The summed E-state index contributed by atoms with van der Waals surface area (Å²) in [5.41, 5.74) is 0.859. The summed E-state index contributed by atoms with van der Waals surface area (Å²) < 4.78 is 7.21. The molecule has 0 atom stereocenters. The Kier molecular flexibility index (Phi) is 4.84. The summed E-state index contributed by atoms with van der Waals surface area (Å²) in [6.45, 7) is 6.65. The zero-order valence-electron chi connectivity index (χ0n) is 13.4. The number of hydrogen-bond donors (Lipinski definition) is 0. The summed E-state index contributed by atoms with van der Waals surface area (Å²) in [6, 6.07) is 1.83. The van der Waals surface area contributed by atoms with Crippen LogP contribution in [0.3, 0.4) is 0 Å². The lowest BCUT2D eigenvalue weighted by Crippen LogP contribution is -2.33. The average molecular weight is 346 g/mol. The lowest BCUT2D eigenvalue weighted by molar-refractivity contribution is -0.140. The molecule has 126 valence electrons. The summed E-state index contributed by atoms with van der Waals surface area (Å²) in [7, 11) is 0. The Morgan fingerprint density at radius 2 is 2.33 bits per heavy atom. The third-order valence-corrected chi connectivity index (χ3v) is 4.78. The molecule has 0 saturated carbocycles. The van der Waals surface area contributed by atoms with Gasteiger partial charge in [0.05, 0.1) is 17.6 Å². The van der Waals surface area contributed by atoms with Gasteiger partial charge in [0.2, 0.25) is 11.8 Å². The minimum Gasteiger partial charge on any atom is -0.469 e. The molecule has 3 rings (SSSR count). The number of aryl methyl sites for hydroxylation is 1. The maximum absolute atomic E-state index is 12.2. The largest absolute Gasteiger partial charge is 0.469 e. The van der Waals surface area contributed by atoms with Crippen LogP contribution in [0, 0.1) is 6.92 Å². The second-order valence-corrected chi connectivity index (χ2v) is 6.37. The van der Waals surface area contributed by atoms with Gasteiger partial charge in [0.25, 0.3) is 0 Å². The molecule has 0 spiro atoms. The number of thioether (sulfide) groups is 1. The van der Waals surface area contributed by atoms with Crippen LogP contribution in [0.15, 0.2) is 34.6 Å². The van der Waals surface area contributed by atoms with E-state index in [-0.39, 0.29) is 17.6 Å². The van der Waals surface area contributed by atoms with Crippen LogP contribution in [-0.4, -0.2) is 43.8 Å². The number of furan rings is 1. The fourth-order valence-electron chi connectivity index (χ4n) is 2.62. The monoisotopic (exact) mass is 346 g/mol. The quantitative estimate of drug-likeness (QED) is 0.589. The molecule has 0 aromatic carbocycles. The molecule has 8 heteroatoms. The first-order chi connectivity index (χ1) is 11.6. The van der Waals surface area contributed by atoms with E-state index in [1.54, 1.807) is 12.3 Å². The Balaban J connectivity index is 1.77. The number of carbonyl (C=O) groups excluding carboxylic acids is 2. The van der Waals surface area contributed by atoms with Gasteiger partial charge in [-0.2, -0.15) is 0 Å². The Labute approximate surface area is 143 Å². The van der Waals surface area contributed by atoms with Crippen molar-refractivity contribution in [3.63, 3.8) is 0 Å². The molecule has 0 radical (unpaired) electrons. The van der Waals surface area contributed by atoms with Crippen molar-refractivity contribution in [2.45, 2.75) is 31.5 Å². The molecule has 1 aliphatic heterocycles. The van der Waals surface area contributed by atoms with Crippen molar-refractivity contribution in [2.75, 3.05) is 12.3 Å². The van der Waals surface area contributed by atoms with Crippen LogP contribution in [0.2, 0.25) is 0 Å². The predicted octanol–water partition coefficient (Wildman–Crippen LogP) is 2.27. The number of carbonyl (C=O) groups is 2. The summed E-state index contributed by atoms with van der Waals surface area (Å²) >= 11 is 1.28. The zero-order valence-corrected chi connectivity index (χ0v) is 14.2. The van der Waals surface area contributed by atoms with Crippen LogP contribution in [-0.2, 0) is 16.1 Å². The molecule has 0 unspecified atom stereocenters. The van der Waals surface area contributed by atoms with Crippen LogP contribution in [0.25, 0.3) is 11.4 Å². The first-order valence-electron chi connectivity index (χ1n) is 7.66. The van der Waals surface area contributed by atoms with Gasteiger partial charge in [-0.05, 0) is 19.4 Å². The molecule has 0 bridgehead atoms. The SMILES string of the molecule is C=CCn1c(SCC(=O)N2CCCC2=O)nnc1-c1ccoc1C. The van der Waals surface area contributed by atoms with Gasteiger partial charge < -0.3 is 4.42 Å².